The summed E-state index contributed by atoms with van der Waals surface area (Å²) < 4.78 is 16.6. The number of hydrogen-bond acceptors (Lipinski definition) is 7. The molecule has 0 heterocycles. The van der Waals surface area contributed by atoms with Crippen LogP contribution in [0.3, 0.4) is 0 Å². The summed E-state index contributed by atoms with van der Waals surface area (Å²) in [6.07, 6.45) is -0.442. The first-order valence-electron chi connectivity index (χ1n) is 14.9. The normalized spacial score (nSPS) is 11.2. The van der Waals surface area contributed by atoms with Crippen molar-refractivity contribution in [3.63, 3.8) is 0 Å². The van der Waals surface area contributed by atoms with E-state index in [0.717, 1.165) is 26.7 Å². The average molecular weight is 703 g/mol. The molecule has 0 aliphatic carbocycles. The molecule has 47 heavy (non-hydrogen) atoms. The number of methoxy groups -OCH3 is 1. The Balaban J connectivity index is 1.63. The number of halogens is 1. The highest BCUT2D eigenvalue weighted by atomic mass is 79.9. The molecule has 0 bridgehead atoms. The fourth-order valence-corrected chi connectivity index (χ4v) is 5.52. The molecule has 244 valence electrons. The fraction of sp³-hybridized carbons (Fsp3) is 0.222. The van der Waals surface area contributed by atoms with Crippen LogP contribution >= 0.6 is 15.9 Å². The Morgan fingerprint density at radius 2 is 1.47 bits per heavy atom. The smallest absolute Gasteiger partial charge is 0.329 e. The number of ether oxygens (including phenoxy) is 3. The summed E-state index contributed by atoms with van der Waals surface area (Å²) in [5, 5.41) is 8.28. The summed E-state index contributed by atoms with van der Waals surface area (Å²) in [7, 11) is 1.57. The molecule has 3 amide bonds. The van der Waals surface area contributed by atoms with Crippen LogP contribution in [0.4, 0.5) is 16.2 Å². The minimum absolute atomic E-state index is 0.0483. The first kappa shape index (κ1) is 34.7. The molecular formula is C36H36BrN3O7. The molecule has 3 N–H and O–H groups in total. The maximum absolute atomic E-state index is 13.7. The van der Waals surface area contributed by atoms with E-state index >= 15 is 0 Å². The van der Waals surface area contributed by atoms with Gasteiger partial charge in [-0.1, -0.05) is 64.5 Å². The average Bonchev–Trinajstić information content (AvgIpc) is 3.05. The van der Waals surface area contributed by atoms with E-state index in [4.69, 9.17) is 14.2 Å². The van der Waals surface area contributed by atoms with Crippen LogP contribution in [0.5, 0.6) is 5.75 Å². The van der Waals surface area contributed by atoms with E-state index in [1.54, 1.807) is 62.6 Å². The Morgan fingerprint density at radius 3 is 2.11 bits per heavy atom. The van der Waals surface area contributed by atoms with E-state index < -0.39 is 36.3 Å². The standard InChI is InChI=1S/C36H36BrN3O7/c1-5-46-32(41)20-31(35(43)47-21-24-9-7-6-8-10-24)38-34(42)29-16-13-26(25-11-14-28(45-4)15-12-25)19-30(29)39-36(44)40-33-22(2)17-27(37)18-23(33)3/h6-19,31H,5,20-21H2,1-4H3,(H,38,42)(H2,39,40,44)/t31-/m0/s1. The summed E-state index contributed by atoms with van der Waals surface area (Å²) >= 11 is 3.46. The fourth-order valence-electron chi connectivity index (χ4n) is 4.83. The summed E-state index contributed by atoms with van der Waals surface area (Å²) in [6, 6.07) is 23.1. The molecule has 0 fully saturated rings. The molecule has 10 nitrogen and oxygen atoms in total. The number of urea groups is 1. The van der Waals surface area contributed by atoms with Crippen LogP contribution < -0.4 is 20.7 Å². The van der Waals surface area contributed by atoms with E-state index in [1.165, 1.54) is 6.07 Å². The van der Waals surface area contributed by atoms with E-state index in [9.17, 15) is 19.2 Å². The van der Waals surface area contributed by atoms with Gasteiger partial charge < -0.3 is 30.2 Å². The molecule has 0 aliphatic heterocycles. The van der Waals surface area contributed by atoms with E-state index in [2.05, 4.69) is 31.9 Å². The zero-order valence-corrected chi connectivity index (χ0v) is 28.1. The highest BCUT2D eigenvalue weighted by Crippen LogP contribution is 2.29. The minimum Gasteiger partial charge on any atom is -0.497 e. The molecule has 4 aromatic carbocycles. The van der Waals surface area contributed by atoms with Gasteiger partial charge in [-0.3, -0.25) is 9.59 Å². The second kappa shape index (κ2) is 16.4. The monoisotopic (exact) mass is 701 g/mol. The van der Waals surface area contributed by atoms with Crippen molar-refractivity contribution in [2.24, 2.45) is 0 Å². The molecule has 0 spiro atoms. The Morgan fingerprint density at radius 1 is 0.809 bits per heavy atom. The van der Waals surface area contributed by atoms with Crippen molar-refractivity contribution in [3.8, 4) is 16.9 Å². The molecule has 4 aromatic rings. The molecule has 0 radical (unpaired) electrons. The molecule has 0 aliphatic rings. The molecule has 0 saturated heterocycles. The number of aryl methyl sites for hydroxylation is 2. The van der Waals surface area contributed by atoms with Crippen molar-refractivity contribution in [2.45, 2.75) is 39.8 Å². The van der Waals surface area contributed by atoms with Gasteiger partial charge in [-0.15, -0.1) is 0 Å². The van der Waals surface area contributed by atoms with Crippen LogP contribution in [0.1, 0.15) is 40.4 Å². The molecular weight excluding hydrogens is 666 g/mol. The molecule has 1 atom stereocenters. The first-order valence-corrected chi connectivity index (χ1v) is 15.7. The highest BCUT2D eigenvalue weighted by molar-refractivity contribution is 9.10. The van der Waals surface area contributed by atoms with Crippen molar-refractivity contribution in [1.82, 2.24) is 5.32 Å². The van der Waals surface area contributed by atoms with Gasteiger partial charge in [-0.2, -0.15) is 0 Å². The third-order valence-electron chi connectivity index (χ3n) is 7.16. The molecule has 0 unspecified atom stereocenters. The second-order valence-corrected chi connectivity index (χ2v) is 11.5. The van der Waals surface area contributed by atoms with Crippen molar-refractivity contribution in [1.29, 1.82) is 0 Å². The largest absolute Gasteiger partial charge is 0.497 e. The van der Waals surface area contributed by atoms with Gasteiger partial charge in [0.05, 0.1) is 31.4 Å². The van der Waals surface area contributed by atoms with Crippen molar-refractivity contribution in [2.75, 3.05) is 24.4 Å². The summed E-state index contributed by atoms with van der Waals surface area (Å²) in [6.45, 7) is 5.44. The molecule has 4 rings (SSSR count). The number of anilines is 2. The number of nitrogens with one attached hydrogen (secondary N) is 3. The van der Waals surface area contributed by atoms with Crippen molar-refractivity contribution in [3.05, 3.63) is 112 Å². The maximum Gasteiger partial charge on any atom is 0.329 e. The summed E-state index contributed by atoms with van der Waals surface area (Å²) in [5.74, 6) is -1.51. The van der Waals surface area contributed by atoms with Crippen LogP contribution in [0, 0.1) is 13.8 Å². The zero-order chi connectivity index (χ0) is 33.9. The maximum atomic E-state index is 13.7. The lowest BCUT2D eigenvalue weighted by Gasteiger charge is -2.19. The molecule has 0 aromatic heterocycles. The number of hydrogen-bond donors (Lipinski definition) is 3. The highest BCUT2D eigenvalue weighted by Gasteiger charge is 2.28. The summed E-state index contributed by atoms with van der Waals surface area (Å²) in [4.78, 5) is 52.6. The Kier molecular flexibility index (Phi) is 12.1. The predicted molar refractivity (Wildman–Crippen MR) is 183 cm³/mol. The second-order valence-electron chi connectivity index (χ2n) is 10.6. The van der Waals surface area contributed by atoms with Gasteiger partial charge in [0, 0.05) is 10.2 Å². The number of esters is 2. The minimum atomic E-state index is -1.35. The van der Waals surface area contributed by atoms with Crippen LogP contribution in [-0.4, -0.2) is 43.6 Å². The van der Waals surface area contributed by atoms with Gasteiger partial charge >= 0.3 is 18.0 Å². The number of amides is 3. The summed E-state index contributed by atoms with van der Waals surface area (Å²) in [5.41, 5.74) is 4.80. The van der Waals surface area contributed by atoms with Crippen LogP contribution in [0.15, 0.2) is 89.4 Å². The van der Waals surface area contributed by atoms with Gasteiger partial charge in [-0.25, -0.2) is 9.59 Å². The van der Waals surface area contributed by atoms with Crippen molar-refractivity contribution < 1.29 is 33.4 Å². The lowest BCUT2D eigenvalue weighted by Crippen LogP contribution is -2.43. The van der Waals surface area contributed by atoms with Gasteiger partial charge in [0.25, 0.3) is 5.91 Å². The van der Waals surface area contributed by atoms with Gasteiger partial charge in [-0.05, 0) is 85.0 Å². The Hall–Kier alpha value is -5.16. The van der Waals surface area contributed by atoms with E-state index in [-0.39, 0.29) is 24.5 Å². The molecule has 11 heteroatoms. The van der Waals surface area contributed by atoms with Gasteiger partial charge in [0.1, 0.15) is 18.4 Å². The van der Waals surface area contributed by atoms with Gasteiger partial charge in [0.2, 0.25) is 0 Å². The number of benzene rings is 4. The predicted octanol–water partition coefficient (Wildman–Crippen LogP) is 7.18. The van der Waals surface area contributed by atoms with Crippen LogP contribution in [-0.2, 0) is 25.7 Å². The third kappa shape index (κ3) is 9.67. The number of carbonyl (C=O) groups is 4. The SMILES string of the molecule is CCOC(=O)C[C@H](NC(=O)c1ccc(-c2ccc(OC)cc2)cc1NC(=O)Nc1c(C)cc(Br)cc1C)C(=O)OCc1ccccc1. The third-order valence-corrected chi connectivity index (χ3v) is 7.62. The first-order chi connectivity index (χ1) is 22.6. The Bertz CT molecular complexity index is 1720. The van der Waals surface area contributed by atoms with Crippen LogP contribution in [0.25, 0.3) is 11.1 Å². The zero-order valence-electron chi connectivity index (χ0n) is 26.5. The van der Waals surface area contributed by atoms with Crippen LogP contribution in [0.2, 0.25) is 0 Å². The van der Waals surface area contributed by atoms with E-state index in [0.29, 0.717) is 17.0 Å². The Labute approximate surface area is 281 Å². The lowest BCUT2D eigenvalue weighted by molar-refractivity contribution is -0.153. The number of rotatable bonds is 12. The molecule has 0 saturated carbocycles. The van der Waals surface area contributed by atoms with Crippen molar-refractivity contribution >= 4 is 51.2 Å². The quantitative estimate of drug-likeness (QED) is 0.133. The lowest BCUT2D eigenvalue weighted by atomic mass is 10.0. The number of carbonyl (C=O) groups excluding carboxylic acids is 4. The van der Waals surface area contributed by atoms with E-state index in [1.807, 2.05) is 44.2 Å². The van der Waals surface area contributed by atoms with Gasteiger partial charge in [0.15, 0.2) is 0 Å². The topological polar surface area (TPSA) is 132 Å².